The maximum Gasteiger partial charge on any atom is 0.317 e. The first kappa shape index (κ1) is 34.0. The average molecular weight is 591 g/mol. The van der Waals surface area contributed by atoms with Crippen molar-refractivity contribution in [3.8, 4) is 0 Å². The molecule has 1 aliphatic heterocycles. The Bertz CT molecular complexity index is 974. The molecule has 12 heteroatoms. The Balaban J connectivity index is 1.69. The van der Waals surface area contributed by atoms with Crippen molar-refractivity contribution in [2.24, 2.45) is 0 Å². The van der Waals surface area contributed by atoms with E-state index < -0.39 is 5.97 Å². The van der Waals surface area contributed by atoms with Crippen LogP contribution in [0.2, 0.25) is 0 Å². The summed E-state index contributed by atoms with van der Waals surface area (Å²) in [7, 11) is 0. The second-order valence-electron chi connectivity index (χ2n) is 10.4. The molecule has 3 rings (SSSR count). The van der Waals surface area contributed by atoms with Gasteiger partial charge in [0.2, 0.25) is 0 Å². The normalized spacial score (nSPS) is 18.1. The number of ether oxygens (including phenoxy) is 2. The van der Waals surface area contributed by atoms with Gasteiger partial charge in [-0.3, -0.25) is 30.0 Å². The van der Waals surface area contributed by atoms with Gasteiger partial charge in [0.15, 0.2) is 0 Å². The van der Waals surface area contributed by atoms with Gasteiger partial charge in [-0.05, 0) is 11.1 Å². The largest absolute Gasteiger partial charge is 0.480 e. The third-order valence-electron chi connectivity index (χ3n) is 7.33. The molecular formula is C30H46N4O8. The second kappa shape index (κ2) is 20.4. The van der Waals surface area contributed by atoms with Gasteiger partial charge in [0.05, 0.1) is 58.3 Å². The lowest BCUT2D eigenvalue weighted by Gasteiger charge is -2.37. The van der Waals surface area contributed by atoms with Crippen molar-refractivity contribution in [1.29, 1.82) is 0 Å². The van der Waals surface area contributed by atoms with Crippen molar-refractivity contribution in [2.45, 2.75) is 25.3 Å². The molecule has 2 unspecified atom stereocenters. The van der Waals surface area contributed by atoms with Crippen LogP contribution in [-0.4, -0.2) is 134 Å². The van der Waals surface area contributed by atoms with Gasteiger partial charge in [0.1, 0.15) is 0 Å². The molecule has 2 atom stereocenters. The van der Waals surface area contributed by atoms with E-state index in [9.17, 15) is 20.4 Å². The Kier molecular flexibility index (Phi) is 16.5. The third kappa shape index (κ3) is 13.2. The monoisotopic (exact) mass is 590 g/mol. The zero-order valence-corrected chi connectivity index (χ0v) is 24.3. The van der Waals surface area contributed by atoms with Crippen LogP contribution in [0.5, 0.6) is 0 Å². The summed E-state index contributed by atoms with van der Waals surface area (Å²) in [6.45, 7) is 6.47. The van der Waals surface area contributed by atoms with Crippen LogP contribution in [0.4, 0.5) is 0 Å². The van der Waals surface area contributed by atoms with Gasteiger partial charge in [0, 0.05) is 52.4 Å². The molecule has 234 valence electrons. The van der Waals surface area contributed by atoms with E-state index in [0.717, 1.165) is 11.1 Å². The van der Waals surface area contributed by atoms with Crippen LogP contribution in [0.15, 0.2) is 60.7 Å². The zero-order chi connectivity index (χ0) is 29.8. The number of hydrogen-bond acceptors (Lipinski definition) is 11. The van der Waals surface area contributed by atoms with Crippen LogP contribution in [-0.2, 0) is 37.3 Å². The van der Waals surface area contributed by atoms with E-state index in [4.69, 9.17) is 9.47 Å². The highest BCUT2D eigenvalue weighted by Crippen LogP contribution is 2.10. The second-order valence-corrected chi connectivity index (χ2v) is 10.4. The lowest BCUT2D eigenvalue weighted by atomic mass is 10.2. The number of aliphatic carboxylic acids is 1. The molecule has 1 saturated heterocycles. The Morgan fingerprint density at radius 2 is 1.17 bits per heavy atom. The molecule has 0 amide bonds. The standard InChI is InChI=1S/C30H46N4O8/c35-30(36)19-32-13-11-31-12-14-33(28(24-41-37)22-39-20-26-7-3-1-4-8-26)17-18-34(16-15-32)29(25-42-38)23-40-21-27-9-5-2-6-10-27/h1-10,28-29,31,37-38H,11-25H2,(H,35,36). The predicted octanol–water partition coefficient (Wildman–Crippen LogP) is 1.73. The number of rotatable bonds is 16. The van der Waals surface area contributed by atoms with E-state index in [1.54, 1.807) is 0 Å². The zero-order valence-electron chi connectivity index (χ0n) is 24.3. The number of hydrogen-bond donors (Lipinski definition) is 4. The highest BCUT2D eigenvalue weighted by atomic mass is 17.1. The Labute approximate surface area is 248 Å². The summed E-state index contributed by atoms with van der Waals surface area (Å²) >= 11 is 0. The van der Waals surface area contributed by atoms with Crippen LogP contribution >= 0.6 is 0 Å². The van der Waals surface area contributed by atoms with Crippen molar-refractivity contribution in [3.05, 3.63) is 71.8 Å². The molecule has 42 heavy (non-hydrogen) atoms. The third-order valence-corrected chi connectivity index (χ3v) is 7.33. The SMILES string of the molecule is O=C(O)CN1CCNCCN(C(COO)COCc2ccccc2)CCN(C(COO)COCc2ccccc2)CC1. The maximum atomic E-state index is 11.5. The summed E-state index contributed by atoms with van der Waals surface area (Å²) in [5, 5.41) is 31.6. The average Bonchev–Trinajstić information content (AvgIpc) is 2.99. The number of carbonyl (C=O) groups is 1. The van der Waals surface area contributed by atoms with Crippen molar-refractivity contribution in [3.63, 3.8) is 0 Å². The molecule has 0 aliphatic carbocycles. The van der Waals surface area contributed by atoms with E-state index >= 15 is 0 Å². The number of carboxylic acid groups (broad SMARTS) is 1. The highest BCUT2D eigenvalue weighted by molar-refractivity contribution is 5.69. The van der Waals surface area contributed by atoms with Crippen molar-refractivity contribution < 1.29 is 39.7 Å². The number of benzene rings is 2. The van der Waals surface area contributed by atoms with Crippen LogP contribution in [0, 0.1) is 0 Å². The van der Waals surface area contributed by atoms with E-state index in [1.807, 2.05) is 65.6 Å². The van der Waals surface area contributed by atoms with E-state index in [2.05, 4.69) is 24.9 Å². The van der Waals surface area contributed by atoms with Gasteiger partial charge in [0.25, 0.3) is 0 Å². The predicted molar refractivity (Wildman–Crippen MR) is 157 cm³/mol. The van der Waals surface area contributed by atoms with E-state index in [1.165, 1.54) is 0 Å². The van der Waals surface area contributed by atoms with Crippen molar-refractivity contribution in [2.75, 3.05) is 85.3 Å². The molecule has 12 nitrogen and oxygen atoms in total. The minimum atomic E-state index is -0.872. The fourth-order valence-corrected chi connectivity index (χ4v) is 4.99. The summed E-state index contributed by atoms with van der Waals surface area (Å²) in [4.78, 5) is 27.0. The minimum absolute atomic E-state index is 0.0403. The number of carboxylic acids is 1. The first-order chi connectivity index (χ1) is 20.6. The molecule has 4 N–H and O–H groups in total. The van der Waals surface area contributed by atoms with Crippen LogP contribution in [0.1, 0.15) is 11.1 Å². The van der Waals surface area contributed by atoms with Gasteiger partial charge < -0.3 is 19.9 Å². The van der Waals surface area contributed by atoms with Crippen molar-refractivity contribution in [1.82, 2.24) is 20.0 Å². The van der Waals surface area contributed by atoms with Gasteiger partial charge in [-0.15, -0.1) is 0 Å². The van der Waals surface area contributed by atoms with Crippen LogP contribution < -0.4 is 5.32 Å². The molecule has 0 spiro atoms. The summed E-state index contributed by atoms with van der Waals surface area (Å²) in [6.07, 6.45) is 0. The summed E-state index contributed by atoms with van der Waals surface area (Å²) in [5.41, 5.74) is 2.11. The van der Waals surface area contributed by atoms with Crippen LogP contribution in [0.3, 0.4) is 0 Å². The summed E-state index contributed by atoms with van der Waals surface area (Å²) in [5.74, 6) is -0.872. The molecule has 2 aromatic rings. The fraction of sp³-hybridized carbons (Fsp3) is 0.567. The van der Waals surface area contributed by atoms with Gasteiger partial charge in [-0.2, -0.15) is 0 Å². The fourth-order valence-electron chi connectivity index (χ4n) is 4.99. The summed E-state index contributed by atoms with van der Waals surface area (Å²) < 4.78 is 12.0. The number of nitrogens with one attached hydrogen (secondary N) is 1. The molecule has 1 aliphatic rings. The topological polar surface area (TPSA) is 136 Å². The van der Waals surface area contributed by atoms with E-state index in [-0.39, 0.29) is 31.8 Å². The van der Waals surface area contributed by atoms with Gasteiger partial charge in [-0.1, -0.05) is 60.7 Å². The molecule has 0 bridgehead atoms. The van der Waals surface area contributed by atoms with Crippen molar-refractivity contribution >= 4 is 5.97 Å². The molecule has 2 aromatic carbocycles. The smallest absolute Gasteiger partial charge is 0.317 e. The van der Waals surface area contributed by atoms with Gasteiger partial charge >= 0.3 is 5.97 Å². The lowest BCUT2D eigenvalue weighted by Crippen LogP contribution is -2.53. The molecule has 1 heterocycles. The molecule has 0 saturated carbocycles. The lowest BCUT2D eigenvalue weighted by molar-refractivity contribution is -0.256. The summed E-state index contributed by atoms with van der Waals surface area (Å²) in [6, 6.07) is 19.3. The van der Waals surface area contributed by atoms with E-state index in [0.29, 0.717) is 78.8 Å². The molecule has 0 radical (unpaired) electrons. The Hall–Kier alpha value is -2.49. The highest BCUT2D eigenvalue weighted by Gasteiger charge is 2.25. The Morgan fingerprint density at radius 1 is 0.690 bits per heavy atom. The van der Waals surface area contributed by atoms with Gasteiger partial charge in [-0.25, -0.2) is 9.78 Å². The first-order valence-electron chi connectivity index (χ1n) is 14.5. The maximum absolute atomic E-state index is 11.5. The Morgan fingerprint density at radius 3 is 1.67 bits per heavy atom. The minimum Gasteiger partial charge on any atom is -0.480 e. The number of nitrogens with zero attached hydrogens (tertiary/aromatic N) is 3. The quantitative estimate of drug-likeness (QED) is 0.167. The van der Waals surface area contributed by atoms with Crippen LogP contribution in [0.25, 0.3) is 0 Å². The molecule has 1 fully saturated rings. The first-order valence-corrected chi connectivity index (χ1v) is 14.5. The molecular weight excluding hydrogens is 544 g/mol. The molecule has 0 aromatic heterocycles.